The molecule has 0 aliphatic heterocycles. The topological polar surface area (TPSA) is 56.7 Å². The minimum atomic E-state index is -0.631. The number of aromatic hydroxyl groups is 1. The molecule has 2 aromatic carbocycles. The van der Waals surface area contributed by atoms with E-state index >= 15 is 0 Å². The molecule has 0 saturated carbocycles. The predicted molar refractivity (Wildman–Crippen MR) is 90.9 cm³/mol. The lowest BCUT2D eigenvalue weighted by Crippen LogP contribution is -2.38. The lowest BCUT2D eigenvalue weighted by atomic mass is 10.1. The second-order valence-electron chi connectivity index (χ2n) is 5.26. The summed E-state index contributed by atoms with van der Waals surface area (Å²) in [5.74, 6) is -0.314. The lowest BCUT2D eigenvalue weighted by molar-refractivity contribution is 0.432. The van der Waals surface area contributed by atoms with Gasteiger partial charge in [0.25, 0.3) is 0 Å². The number of hydrogen-bond donors (Lipinski definition) is 3. The Morgan fingerprint density at radius 3 is 2.61 bits per heavy atom. The Labute approximate surface area is 136 Å². The van der Waals surface area contributed by atoms with Crippen LogP contribution in [-0.2, 0) is 6.54 Å². The molecule has 3 N–H and O–H groups in total. The molecule has 0 aliphatic rings. The summed E-state index contributed by atoms with van der Waals surface area (Å²) in [7, 11) is 0. The fraction of sp³-hybridized carbons (Fsp3) is 0.278. The average Bonchev–Trinajstić information content (AvgIpc) is 2.56. The molecule has 0 amide bonds. The Bertz CT molecular complexity index is 659. The van der Waals surface area contributed by atoms with Crippen LogP contribution in [0.5, 0.6) is 5.75 Å². The highest BCUT2D eigenvalue weighted by atomic mass is 19.1. The molecule has 0 fully saturated rings. The molecular formula is C18H22FN3O. The molecule has 0 radical (unpaired) electrons. The highest BCUT2D eigenvalue weighted by Gasteiger charge is 2.07. The number of benzene rings is 2. The number of halogens is 1. The molecule has 5 heteroatoms. The summed E-state index contributed by atoms with van der Waals surface area (Å²) >= 11 is 0. The first-order valence-electron chi connectivity index (χ1n) is 7.67. The van der Waals surface area contributed by atoms with Crippen LogP contribution in [-0.4, -0.2) is 17.6 Å². The van der Waals surface area contributed by atoms with Crippen molar-refractivity contribution in [1.29, 1.82) is 0 Å². The van der Waals surface area contributed by atoms with Crippen molar-refractivity contribution < 1.29 is 9.50 Å². The molecular weight excluding hydrogens is 293 g/mol. The van der Waals surface area contributed by atoms with E-state index in [4.69, 9.17) is 0 Å². The summed E-state index contributed by atoms with van der Waals surface area (Å²) in [5, 5.41) is 15.7. The van der Waals surface area contributed by atoms with Crippen molar-refractivity contribution in [3.05, 3.63) is 65.5 Å². The van der Waals surface area contributed by atoms with E-state index in [1.54, 1.807) is 6.07 Å². The Hall–Kier alpha value is -2.56. The third kappa shape index (κ3) is 4.98. The summed E-state index contributed by atoms with van der Waals surface area (Å²) < 4.78 is 13.4. The quantitative estimate of drug-likeness (QED) is 0.586. The van der Waals surface area contributed by atoms with Gasteiger partial charge in [0.15, 0.2) is 17.5 Å². The SMILES string of the molecule is CCNC(=NCc1ccc(O)c(F)c1)NC(C)c1ccccc1. The van der Waals surface area contributed by atoms with Gasteiger partial charge in [-0.25, -0.2) is 9.38 Å². The fourth-order valence-electron chi connectivity index (χ4n) is 2.17. The van der Waals surface area contributed by atoms with Crippen LogP contribution in [0.2, 0.25) is 0 Å². The van der Waals surface area contributed by atoms with Gasteiger partial charge in [0, 0.05) is 6.54 Å². The molecule has 0 bridgehead atoms. The zero-order valence-electron chi connectivity index (χ0n) is 13.4. The van der Waals surface area contributed by atoms with E-state index in [2.05, 4.69) is 34.7 Å². The first-order chi connectivity index (χ1) is 11.1. The number of phenolic OH excluding ortho intramolecular Hbond substituents is 1. The summed E-state index contributed by atoms with van der Waals surface area (Å²) in [6, 6.07) is 14.5. The van der Waals surface area contributed by atoms with E-state index in [1.165, 1.54) is 12.1 Å². The van der Waals surface area contributed by atoms with Crippen LogP contribution in [0.15, 0.2) is 53.5 Å². The second-order valence-corrected chi connectivity index (χ2v) is 5.26. The van der Waals surface area contributed by atoms with Crippen LogP contribution in [0, 0.1) is 5.82 Å². The summed E-state index contributed by atoms with van der Waals surface area (Å²) in [6.45, 7) is 5.11. The molecule has 122 valence electrons. The number of hydrogen-bond acceptors (Lipinski definition) is 2. The highest BCUT2D eigenvalue weighted by Crippen LogP contribution is 2.16. The Morgan fingerprint density at radius 2 is 1.96 bits per heavy atom. The van der Waals surface area contributed by atoms with Gasteiger partial charge in [-0.3, -0.25) is 0 Å². The second kappa shape index (κ2) is 8.17. The maximum Gasteiger partial charge on any atom is 0.192 e. The summed E-state index contributed by atoms with van der Waals surface area (Å²) in [4.78, 5) is 4.47. The molecule has 0 saturated heterocycles. The van der Waals surface area contributed by atoms with Gasteiger partial charge in [0.2, 0.25) is 0 Å². The number of nitrogens with zero attached hydrogens (tertiary/aromatic N) is 1. The van der Waals surface area contributed by atoms with Crippen molar-refractivity contribution in [3.63, 3.8) is 0 Å². The molecule has 0 spiro atoms. The van der Waals surface area contributed by atoms with Gasteiger partial charge in [-0.05, 0) is 37.1 Å². The van der Waals surface area contributed by atoms with Crippen molar-refractivity contribution in [1.82, 2.24) is 10.6 Å². The van der Waals surface area contributed by atoms with Crippen molar-refractivity contribution in [2.45, 2.75) is 26.4 Å². The fourth-order valence-corrected chi connectivity index (χ4v) is 2.17. The highest BCUT2D eigenvalue weighted by molar-refractivity contribution is 5.80. The third-order valence-corrected chi connectivity index (χ3v) is 3.43. The van der Waals surface area contributed by atoms with Crippen LogP contribution < -0.4 is 10.6 Å². The number of guanidine groups is 1. The van der Waals surface area contributed by atoms with Crippen molar-refractivity contribution in [2.24, 2.45) is 4.99 Å². The predicted octanol–water partition coefficient (Wildman–Crippen LogP) is 3.35. The minimum absolute atomic E-state index is 0.102. The largest absolute Gasteiger partial charge is 0.505 e. The van der Waals surface area contributed by atoms with Gasteiger partial charge in [0.1, 0.15) is 0 Å². The zero-order valence-corrected chi connectivity index (χ0v) is 13.4. The third-order valence-electron chi connectivity index (χ3n) is 3.43. The number of rotatable bonds is 5. The first kappa shape index (κ1) is 16.8. The smallest absolute Gasteiger partial charge is 0.192 e. The van der Waals surface area contributed by atoms with E-state index in [-0.39, 0.29) is 11.8 Å². The molecule has 0 aromatic heterocycles. The van der Waals surface area contributed by atoms with E-state index in [1.807, 2.05) is 25.1 Å². The normalized spacial score (nSPS) is 12.7. The van der Waals surface area contributed by atoms with Crippen LogP contribution >= 0.6 is 0 Å². The van der Waals surface area contributed by atoms with E-state index in [9.17, 15) is 9.50 Å². The zero-order chi connectivity index (χ0) is 16.7. The van der Waals surface area contributed by atoms with Crippen LogP contribution in [0.3, 0.4) is 0 Å². The van der Waals surface area contributed by atoms with Gasteiger partial charge < -0.3 is 15.7 Å². The van der Waals surface area contributed by atoms with Gasteiger partial charge in [-0.2, -0.15) is 0 Å². The molecule has 0 heterocycles. The summed E-state index contributed by atoms with van der Waals surface area (Å²) in [6.07, 6.45) is 0. The molecule has 23 heavy (non-hydrogen) atoms. The first-order valence-corrected chi connectivity index (χ1v) is 7.67. The van der Waals surface area contributed by atoms with Crippen LogP contribution in [0.1, 0.15) is 31.0 Å². The van der Waals surface area contributed by atoms with Gasteiger partial charge in [-0.1, -0.05) is 36.4 Å². The van der Waals surface area contributed by atoms with E-state index in [0.717, 1.165) is 12.1 Å². The van der Waals surface area contributed by atoms with E-state index < -0.39 is 5.82 Å². The van der Waals surface area contributed by atoms with Crippen molar-refractivity contribution >= 4 is 5.96 Å². The number of phenols is 1. The standard InChI is InChI=1S/C18H22FN3O/c1-3-20-18(22-13(2)15-7-5-4-6-8-15)21-12-14-9-10-17(23)16(19)11-14/h4-11,13,23H,3,12H2,1-2H3,(H2,20,21,22). The average molecular weight is 315 g/mol. The van der Waals surface area contributed by atoms with Crippen molar-refractivity contribution in [3.8, 4) is 5.75 Å². The van der Waals surface area contributed by atoms with Crippen molar-refractivity contribution in [2.75, 3.05) is 6.54 Å². The Balaban J connectivity index is 2.06. The maximum absolute atomic E-state index is 13.4. The van der Waals surface area contributed by atoms with Crippen LogP contribution in [0.25, 0.3) is 0 Å². The Morgan fingerprint density at radius 1 is 1.22 bits per heavy atom. The molecule has 4 nitrogen and oxygen atoms in total. The molecule has 1 atom stereocenters. The lowest BCUT2D eigenvalue weighted by Gasteiger charge is -2.18. The molecule has 0 aliphatic carbocycles. The van der Waals surface area contributed by atoms with E-state index in [0.29, 0.717) is 18.1 Å². The maximum atomic E-state index is 13.4. The molecule has 2 rings (SSSR count). The van der Waals surface area contributed by atoms with Crippen LogP contribution in [0.4, 0.5) is 4.39 Å². The minimum Gasteiger partial charge on any atom is -0.505 e. The number of aliphatic imine (C=N–C) groups is 1. The van der Waals surface area contributed by atoms with Gasteiger partial charge in [-0.15, -0.1) is 0 Å². The Kier molecular flexibility index (Phi) is 5.97. The van der Waals surface area contributed by atoms with Gasteiger partial charge >= 0.3 is 0 Å². The number of nitrogens with one attached hydrogen (secondary N) is 2. The summed E-state index contributed by atoms with van der Waals surface area (Å²) in [5.41, 5.74) is 1.86. The van der Waals surface area contributed by atoms with Gasteiger partial charge in [0.05, 0.1) is 12.6 Å². The molecule has 1 unspecified atom stereocenters. The molecule has 2 aromatic rings. The monoisotopic (exact) mass is 315 g/mol.